The number of H-pyrrole nitrogens is 1. The lowest BCUT2D eigenvalue weighted by Crippen LogP contribution is -2.10. The highest BCUT2D eigenvalue weighted by Gasteiger charge is 2.06. The van der Waals surface area contributed by atoms with E-state index in [1.807, 2.05) is 30.5 Å². The molecule has 0 amide bonds. The van der Waals surface area contributed by atoms with Gasteiger partial charge < -0.3 is 11.1 Å². The summed E-state index contributed by atoms with van der Waals surface area (Å²) in [5.74, 6) is 1.40. The van der Waals surface area contributed by atoms with Crippen molar-refractivity contribution in [2.75, 3.05) is 11.1 Å². The minimum Gasteiger partial charge on any atom is -0.382 e. The summed E-state index contributed by atoms with van der Waals surface area (Å²) in [7, 11) is 0. The van der Waals surface area contributed by atoms with Crippen LogP contribution in [-0.2, 0) is 0 Å². The number of anilines is 2. The SMILES string of the molecule is CC(C)Nc1cc(-c2ccc3[nH]nc(N)c3c2)ccn1. The fourth-order valence-electron chi connectivity index (χ4n) is 2.20. The highest BCUT2D eigenvalue weighted by atomic mass is 15.1. The first-order valence-electron chi connectivity index (χ1n) is 6.60. The number of aromatic nitrogens is 3. The summed E-state index contributed by atoms with van der Waals surface area (Å²) in [5.41, 5.74) is 9.00. The van der Waals surface area contributed by atoms with Crippen molar-refractivity contribution in [2.24, 2.45) is 0 Å². The van der Waals surface area contributed by atoms with Crippen molar-refractivity contribution in [3.63, 3.8) is 0 Å². The van der Waals surface area contributed by atoms with Crippen molar-refractivity contribution in [2.45, 2.75) is 19.9 Å². The first-order chi connectivity index (χ1) is 9.63. The fraction of sp³-hybridized carbons (Fsp3) is 0.200. The fourth-order valence-corrected chi connectivity index (χ4v) is 2.20. The molecule has 0 bridgehead atoms. The van der Waals surface area contributed by atoms with E-state index in [1.165, 1.54) is 0 Å². The Bertz CT molecular complexity index is 745. The maximum absolute atomic E-state index is 5.85. The second kappa shape index (κ2) is 4.85. The lowest BCUT2D eigenvalue weighted by atomic mass is 10.0. The Kier molecular flexibility index (Phi) is 3.02. The molecule has 0 saturated heterocycles. The number of nitrogens with two attached hydrogens (primary N) is 1. The highest BCUT2D eigenvalue weighted by Crippen LogP contribution is 2.27. The number of pyridine rings is 1. The zero-order chi connectivity index (χ0) is 14.1. The molecule has 1 aromatic carbocycles. The van der Waals surface area contributed by atoms with Gasteiger partial charge in [-0.3, -0.25) is 5.10 Å². The lowest BCUT2D eigenvalue weighted by molar-refractivity contribution is 0.889. The molecule has 0 saturated carbocycles. The molecule has 0 spiro atoms. The molecule has 4 N–H and O–H groups in total. The monoisotopic (exact) mass is 267 g/mol. The Morgan fingerprint density at radius 2 is 1.95 bits per heavy atom. The lowest BCUT2D eigenvalue weighted by Gasteiger charge is -2.10. The van der Waals surface area contributed by atoms with Gasteiger partial charge in [0.15, 0.2) is 5.82 Å². The first-order valence-corrected chi connectivity index (χ1v) is 6.60. The predicted molar refractivity (Wildman–Crippen MR) is 82.5 cm³/mol. The van der Waals surface area contributed by atoms with Gasteiger partial charge in [0, 0.05) is 17.6 Å². The van der Waals surface area contributed by atoms with Crippen LogP contribution in [0.25, 0.3) is 22.0 Å². The quantitative estimate of drug-likeness (QED) is 0.681. The van der Waals surface area contributed by atoms with Crippen LogP contribution in [0.3, 0.4) is 0 Å². The Hall–Kier alpha value is -2.56. The van der Waals surface area contributed by atoms with Gasteiger partial charge in [-0.1, -0.05) is 6.07 Å². The van der Waals surface area contributed by atoms with Crippen LogP contribution in [0.2, 0.25) is 0 Å². The van der Waals surface area contributed by atoms with E-state index in [4.69, 9.17) is 5.73 Å². The zero-order valence-corrected chi connectivity index (χ0v) is 11.5. The van der Waals surface area contributed by atoms with Crippen LogP contribution in [-0.4, -0.2) is 21.2 Å². The molecule has 5 heteroatoms. The molecule has 20 heavy (non-hydrogen) atoms. The summed E-state index contributed by atoms with van der Waals surface area (Å²) in [5, 5.41) is 11.2. The van der Waals surface area contributed by atoms with Gasteiger partial charge in [-0.25, -0.2) is 4.98 Å². The van der Waals surface area contributed by atoms with Crippen molar-refractivity contribution in [1.82, 2.24) is 15.2 Å². The molecule has 0 unspecified atom stereocenters. The van der Waals surface area contributed by atoms with Gasteiger partial charge in [0.1, 0.15) is 5.82 Å². The smallest absolute Gasteiger partial charge is 0.153 e. The zero-order valence-electron chi connectivity index (χ0n) is 11.5. The average molecular weight is 267 g/mol. The highest BCUT2D eigenvalue weighted by molar-refractivity contribution is 5.92. The van der Waals surface area contributed by atoms with Crippen molar-refractivity contribution in [3.8, 4) is 11.1 Å². The van der Waals surface area contributed by atoms with E-state index in [2.05, 4.69) is 40.4 Å². The van der Waals surface area contributed by atoms with Crippen LogP contribution >= 0.6 is 0 Å². The van der Waals surface area contributed by atoms with Crippen LogP contribution in [0.1, 0.15) is 13.8 Å². The second-order valence-electron chi connectivity index (χ2n) is 5.10. The number of rotatable bonds is 3. The number of nitrogens with one attached hydrogen (secondary N) is 2. The molecule has 0 aliphatic carbocycles. The molecule has 0 aliphatic heterocycles. The van der Waals surface area contributed by atoms with E-state index in [9.17, 15) is 0 Å². The maximum atomic E-state index is 5.85. The van der Waals surface area contributed by atoms with Crippen LogP contribution in [0, 0.1) is 0 Å². The van der Waals surface area contributed by atoms with Crippen molar-refractivity contribution < 1.29 is 0 Å². The second-order valence-corrected chi connectivity index (χ2v) is 5.10. The van der Waals surface area contributed by atoms with E-state index in [0.29, 0.717) is 11.9 Å². The summed E-state index contributed by atoms with van der Waals surface area (Å²) in [4.78, 5) is 4.32. The Balaban J connectivity index is 2.03. The van der Waals surface area contributed by atoms with Gasteiger partial charge in [0.05, 0.1) is 5.52 Å². The third-order valence-electron chi connectivity index (χ3n) is 3.12. The Morgan fingerprint density at radius 3 is 2.75 bits per heavy atom. The van der Waals surface area contributed by atoms with Gasteiger partial charge in [0.2, 0.25) is 0 Å². The van der Waals surface area contributed by atoms with Crippen molar-refractivity contribution in [3.05, 3.63) is 36.5 Å². The molecule has 0 radical (unpaired) electrons. The third kappa shape index (κ3) is 2.30. The number of aromatic amines is 1. The van der Waals surface area contributed by atoms with E-state index >= 15 is 0 Å². The van der Waals surface area contributed by atoms with E-state index < -0.39 is 0 Å². The molecule has 5 nitrogen and oxygen atoms in total. The normalized spacial score (nSPS) is 11.2. The minimum atomic E-state index is 0.352. The molecule has 0 fully saturated rings. The molecule has 3 rings (SSSR count). The van der Waals surface area contributed by atoms with Crippen LogP contribution in [0.5, 0.6) is 0 Å². The third-order valence-corrected chi connectivity index (χ3v) is 3.12. The summed E-state index contributed by atoms with van der Waals surface area (Å²) in [6.07, 6.45) is 1.81. The molecule has 0 aliphatic rings. The summed E-state index contributed by atoms with van der Waals surface area (Å²) >= 11 is 0. The van der Waals surface area contributed by atoms with Gasteiger partial charge in [0.25, 0.3) is 0 Å². The Morgan fingerprint density at radius 1 is 1.15 bits per heavy atom. The number of hydrogen-bond donors (Lipinski definition) is 3. The van der Waals surface area contributed by atoms with Gasteiger partial charge >= 0.3 is 0 Å². The van der Waals surface area contributed by atoms with Crippen molar-refractivity contribution in [1.29, 1.82) is 0 Å². The van der Waals surface area contributed by atoms with E-state index in [0.717, 1.165) is 27.8 Å². The summed E-state index contributed by atoms with van der Waals surface area (Å²) < 4.78 is 0. The average Bonchev–Trinajstić information content (AvgIpc) is 2.80. The van der Waals surface area contributed by atoms with E-state index in [1.54, 1.807) is 0 Å². The first kappa shape index (κ1) is 12.5. The number of nitrogen functional groups attached to an aromatic ring is 1. The Labute approximate surface area is 117 Å². The minimum absolute atomic E-state index is 0.352. The van der Waals surface area contributed by atoms with Crippen LogP contribution < -0.4 is 11.1 Å². The van der Waals surface area contributed by atoms with Crippen LogP contribution in [0.4, 0.5) is 11.6 Å². The van der Waals surface area contributed by atoms with E-state index in [-0.39, 0.29) is 0 Å². The topological polar surface area (TPSA) is 79.6 Å². The van der Waals surface area contributed by atoms with Gasteiger partial charge in [-0.05, 0) is 49.2 Å². The molecule has 2 aromatic heterocycles. The molecular formula is C15H17N5. The summed E-state index contributed by atoms with van der Waals surface area (Å²) in [6, 6.07) is 10.5. The molecular weight excluding hydrogens is 250 g/mol. The number of hydrogen-bond acceptors (Lipinski definition) is 4. The predicted octanol–water partition coefficient (Wildman–Crippen LogP) is 3.03. The number of nitrogens with zero attached hydrogens (tertiary/aromatic N) is 2. The van der Waals surface area contributed by atoms with Gasteiger partial charge in [-0.2, -0.15) is 5.10 Å². The number of benzene rings is 1. The van der Waals surface area contributed by atoms with Crippen molar-refractivity contribution >= 4 is 22.5 Å². The standard InChI is InChI=1S/C15H17N5/c1-9(2)18-14-8-11(5-6-17-14)10-3-4-13-12(7-10)15(16)20-19-13/h3-9H,1-2H3,(H,17,18)(H3,16,19,20). The summed E-state index contributed by atoms with van der Waals surface area (Å²) in [6.45, 7) is 4.18. The molecule has 2 heterocycles. The molecule has 0 atom stereocenters. The van der Waals surface area contributed by atoms with Crippen LogP contribution in [0.15, 0.2) is 36.5 Å². The van der Waals surface area contributed by atoms with Gasteiger partial charge in [-0.15, -0.1) is 0 Å². The molecule has 102 valence electrons. The maximum Gasteiger partial charge on any atom is 0.153 e. The largest absolute Gasteiger partial charge is 0.382 e. The molecule has 3 aromatic rings. The number of fused-ring (bicyclic) bond motifs is 1.